The van der Waals surface area contributed by atoms with Crippen LogP contribution in [0.5, 0.6) is 0 Å². The smallest absolute Gasteiger partial charge is 0.169 e. The molecule has 2 rings (SSSR count). The van der Waals surface area contributed by atoms with E-state index in [1.807, 2.05) is 26.1 Å². The Labute approximate surface area is 86.0 Å². The zero-order chi connectivity index (χ0) is 9.97. The molecule has 0 fully saturated rings. The lowest BCUT2D eigenvalue weighted by atomic mass is 10.4. The van der Waals surface area contributed by atoms with Gasteiger partial charge in [-0.2, -0.15) is 0 Å². The summed E-state index contributed by atoms with van der Waals surface area (Å²) in [7, 11) is 0. The van der Waals surface area contributed by atoms with Crippen molar-refractivity contribution in [3.8, 4) is 0 Å². The van der Waals surface area contributed by atoms with Gasteiger partial charge in [-0.3, -0.25) is 0 Å². The molecular formula is C9H11N3OS. The van der Waals surface area contributed by atoms with Crippen LogP contribution in [0.2, 0.25) is 0 Å². The Morgan fingerprint density at radius 3 is 2.93 bits per heavy atom. The number of hydrogen-bond donors (Lipinski definition) is 1. The highest BCUT2D eigenvalue weighted by molar-refractivity contribution is 7.11. The molecule has 74 valence electrons. The molecule has 2 aromatic heterocycles. The number of aromatic nitrogens is 2. The van der Waals surface area contributed by atoms with Crippen LogP contribution in [0.4, 0.5) is 5.82 Å². The highest BCUT2D eigenvalue weighted by Gasteiger charge is 2.01. The predicted molar refractivity (Wildman–Crippen MR) is 55.4 cm³/mol. The van der Waals surface area contributed by atoms with Crippen molar-refractivity contribution >= 4 is 17.2 Å². The maximum atomic E-state index is 4.93. The van der Waals surface area contributed by atoms with Crippen molar-refractivity contribution < 1.29 is 4.52 Å². The average Bonchev–Trinajstić information content (AvgIpc) is 2.72. The highest BCUT2D eigenvalue weighted by atomic mass is 32.1. The molecule has 0 unspecified atom stereocenters. The fourth-order valence-electron chi connectivity index (χ4n) is 1.11. The first-order chi connectivity index (χ1) is 6.74. The summed E-state index contributed by atoms with van der Waals surface area (Å²) in [5.41, 5.74) is 0. The third-order valence-electron chi connectivity index (χ3n) is 1.74. The summed E-state index contributed by atoms with van der Waals surface area (Å²) >= 11 is 1.68. The Hall–Kier alpha value is -1.36. The molecule has 0 aliphatic carbocycles. The largest absolute Gasteiger partial charge is 0.362 e. The molecule has 0 aromatic carbocycles. The Kier molecular flexibility index (Phi) is 2.49. The van der Waals surface area contributed by atoms with E-state index in [9.17, 15) is 0 Å². The Balaban J connectivity index is 1.94. The summed E-state index contributed by atoms with van der Waals surface area (Å²) in [4.78, 5) is 5.37. The highest BCUT2D eigenvalue weighted by Crippen LogP contribution is 2.14. The Morgan fingerprint density at radius 1 is 1.50 bits per heavy atom. The minimum atomic E-state index is 0.748. The molecular weight excluding hydrogens is 198 g/mol. The normalized spacial score (nSPS) is 10.4. The van der Waals surface area contributed by atoms with Crippen molar-refractivity contribution in [2.45, 2.75) is 20.4 Å². The summed E-state index contributed by atoms with van der Waals surface area (Å²) in [6.45, 7) is 4.61. The maximum Gasteiger partial charge on any atom is 0.169 e. The summed E-state index contributed by atoms with van der Waals surface area (Å²) in [5, 5.41) is 8.08. The second kappa shape index (κ2) is 3.79. The second-order valence-electron chi connectivity index (χ2n) is 3.02. The van der Waals surface area contributed by atoms with Gasteiger partial charge in [0, 0.05) is 17.1 Å². The second-order valence-corrected chi connectivity index (χ2v) is 4.34. The lowest BCUT2D eigenvalue weighted by Crippen LogP contribution is -1.96. The molecule has 14 heavy (non-hydrogen) atoms. The van der Waals surface area contributed by atoms with Crippen LogP contribution in [0, 0.1) is 13.8 Å². The van der Waals surface area contributed by atoms with Crippen LogP contribution in [0.3, 0.4) is 0 Å². The molecule has 1 N–H and O–H groups in total. The predicted octanol–water partition coefficient (Wildman–Crippen LogP) is 2.36. The molecule has 0 saturated heterocycles. The molecule has 0 aliphatic rings. The van der Waals surface area contributed by atoms with Gasteiger partial charge in [0.15, 0.2) is 5.82 Å². The zero-order valence-electron chi connectivity index (χ0n) is 8.07. The van der Waals surface area contributed by atoms with Gasteiger partial charge in [0.2, 0.25) is 0 Å². The van der Waals surface area contributed by atoms with E-state index < -0.39 is 0 Å². The van der Waals surface area contributed by atoms with E-state index in [-0.39, 0.29) is 0 Å². The van der Waals surface area contributed by atoms with Gasteiger partial charge in [-0.05, 0) is 13.8 Å². The molecule has 2 aromatic rings. The molecule has 0 radical (unpaired) electrons. The minimum Gasteiger partial charge on any atom is -0.362 e. The molecule has 4 nitrogen and oxygen atoms in total. The topological polar surface area (TPSA) is 51.0 Å². The first-order valence-corrected chi connectivity index (χ1v) is 5.14. The van der Waals surface area contributed by atoms with Gasteiger partial charge in [-0.15, -0.1) is 11.3 Å². The van der Waals surface area contributed by atoms with E-state index in [4.69, 9.17) is 4.52 Å². The van der Waals surface area contributed by atoms with Gasteiger partial charge >= 0.3 is 0 Å². The molecule has 2 heterocycles. The summed E-state index contributed by atoms with van der Waals surface area (Å²) in [6.07, 6.45) is 1.87. The van der Waals surface area contributed by atoms with Crippen LogP contribution in [-0.4, -0.2) is 10.1 Å². The third kappa shape index (κ3) is 2.11. The van der Waals surface area contributed by atoms with Crippen molar-refractivity contribution in [1.82, 2.24) is 10.1 Å². The van der Waals surface area contributed by atoms with Gasteiger partial charge < -0.3 is 9.84 Å². The van der Waals surface area contributed by atoms with Crippen LogP contribution in [0.1, 0.15) is 15.6 Å². The summed E-state index contributed by atoms with van der Waals surface area (Å²) < 4.78 is 4.93. The van der Waals surface area contributed by atoms with Crippen molar-refractivity contribution in [1.29, 1.82) is 0 Å². The molecule has 5 heteroatoms. The number of hydrogen-bond acceptors (Lipinski definition) is 5. The quantitative estimate of drug-likeness (QED) is 0.843. The van der Waals surface area contributed by atoms with E-state index in [1.165, 1.54) is 4.88 Å². The number of nitrogens with one attached hydrogen (secondary N) is 1. The van der Waals surface area contributed by atoms with Crippen molar-refractivity contribution in [2.24, 2.45) is 0 Å². The molecule has 0 bridgehead atoms. The molecule has 0 spiro atoms. The molecule has 0 saturated carbocycles. The van der Waals surface area contributed by atoms with Crippen LogP contribution < -0.4 is 5.32 Å². The Bertz CT molecular complexity index is 381. The third-order valence-corrected chi connectivity index (χ3v) is 2.65. The minimum absolute atomic E-state index is 0.748. The fraction of sp³-hybridized carbons (Fsp3) is 0.333. The van der Waals surface area contributed by atoms with Gasteiger partial charge in [0.25, 0.3) is 0 Å². The molecule has 0 aliphatic heterocycles. The zero-order valence-corrected chi connectivity index (χ0v) is 8.89. The lowest BCUT2D eigenvalue weighted by molar-refractivity contribution is 0.399. The van der Waals surface area contributed by atoms with Crippen LogP contribution in [0.25, 0.3) is 0 Å². The number of anilines is 1. The maximum absolute atomic E-state index is 4.93. The number of thiazole rings is 1. The average molecular weight is 209 g/mol. The van der Waals surface area contributed by atoms with Gasteiger partial charge in [-0.1, -0.05) is 5.16 Å². The first kappa shape index (κ1) is 9.21. The van der Waals surface area contributed by atoms with E-state index in [0.29, 0.717) is 0 Å². The van der Waals surface area contributed by atoms with E-state index in [2.05, 4.69) is 15.5 Å². The van der Waals surface area contributed by atoms with Crippen LogP contribution in [0.15, 0.2) is 16.8 Å². The summed E-state index contributed by atoms with van der Waals surface area (Å²) in [6, 6.07) is 1.87. The van der Waals surface area contributed by atoms with Crippen molar-refractivity contribution in [2.75, 3.05) is 5.32 Å². The van der Waals surface area contributed by atoms with Gasteiger partial charge in [0.05, 0.1) is 11.6 Å². The monoisotopic (exact) mass is 209 g/mol. The van der Waals surface area contributed by atoms with Crippen molar-refractivity contribution in [3.05, 3.63) is 27.9 Å². The number of aryl methyl sites for hydroxylation is 2. The molecule has 0 amide bonds. The van der Waals surface area contributed by atoms with Crippen molar-refractivity contribution in [3.63, 3.8) is 0 Å². The van der Waals surface area contributed by atoms with Gasteiger partial charge in [0.1, 0.15) is 5.76 Å². The van der Waals surface area contributed by atoms with Gasteiger partial charge in [-0.25, -0.2) is 4.98 Å². The molecule has 0 atom stereocenters. The van der Waals surface area contributed by atoms with Crippen LogP contribution >= 0.6 is 11.3 Å². The Morgan fingerprint density at radius 2 is 2.36 bits per heavy atom. The fourth-order valence-corrected chi connectivity index (χ4v) is 1.85. The van der Waals surface area contributed by atoms with E-state index >= 15 is 0 Å². The lowest BCUT2D eigenvalue weighted by Gasteiger charge is -1.96. The van der Waals surface area contributed by atoms with E-state index in [1.54, 1.807) is 11.3 Å². The summed E-state index contributed by atoms with van der Waals surface area (Å²) in [5.74, 6) is 1.58. The SMILES string of the molecule is Cc1cc(NCc2cnc(C)s2)no1. The number of rotatable bonds is 3. The first-order valence-electron chi connectivity index (χ1n) is 4.32. The number of nitrogens with zero attached hydrogens (tertiary/aromatic N) is 2. The standard InChI is InChI=1S/C9H11N3OS/c1-6-3-9(12-13-6)11-5-8-4-10-7(2)14-8/h3-4H,5H2,1-2H3,(H,11,12). The van der Waals surface area contributed by atoms with Crippen LogP contribution in [-0.2, 0) is 6.54 Å². The van der Waals surface area contributed by atoms with E-state index in [0.717, 1.165) is 23.1 Å².